The van der Waals surface area contributed by atoms with Crippen molar-refractivity contribution in [3.8, 4) is 0 Å². The maximum absolute atomic E-state index is 11.9. The second-order valence-corrected chi connectivity index (χ2v) is 5.46. The lowest BCUT2D eigenvalue weighted by atomic mass is 10.2. The lowest BCUT2D eigenvalue weighted by Crippen LogP contribution is -2.18. The van der Waals surface area contributed by atoms with E-state index in [1.54, 1.807) is 36.4 Å². The number of carbonyl (C=O) groups excluding carboxylic acids is 1. The minimum Gasteiger partial charge on any atom is -0.267 e. The van der Waals surface area contributed by atoms with Crippen LogP contribution in [0.15, 0.2) is 52.0 Å². The number of hydrazone groups is 1. The van der Waals surface area contributed by atoms with Crippen molar-refractivity contribution in [2.45, 2.75) is 0 Å². The number of rotatable bonds is 3. The number of nitrogens with zero attached hydrogens (tertiary/aromatic N) is 1. The van der Waals surface area contributed by atoms with Crippen LogP contribution in [-0.4, -0.2) is 12.1 Å². The van der Waals surface area contributed by atoms with E-state index < -0.39 is 0 Å². The average Bonchev–Trinajstić information content (AvgIpc) is 2.44. The second kappa shape index (κ2) is 6.88. The van der Waals surface area contributed by atoms with Gasteiger partial charge in [-0.2, -0.15) is 5.10 Å². The first kappa shape index (κ1) is 15.0. The van der Waals surface area contributed by atoms with Gasteiger partial charge < -0.3 is 0 Å². The van der Waals surface area contributed by atoms with E-state index in [9.17, 15) is 4.79 Å². The molecule has 0 aromatic heterocycles. The topological polar surface area (TPSA) is 41.5 Å². The van der Waals surface area contributed by atoms with Gasteiger partial charge in [-0.3, -0.25) is 4.79 Å². The van der Waals surface area contributed by atoms with Crippen molar-refractivity contribution in [2.24, 2.45) is 5.10 Å². The van der Waals surface area contributed by atoms with Gasteiger partial charge >= 0.3 is 0 Å². The third-order valence-corrected chi connectivity index (χ3v) is 3.99. The minimum absolute atomic E-state index is 0.313. The van der Waals surface area contributed by atoms with E-state index in [4.69, 9.17) is 23.2 Å². The fraction of sp³-hybridized carbons (Fsp3) is 0. The highest BCUT2D eigenvalue weighted by Crippen LogP contribution is 2.24. The molecule has 0 atom stereocenters. The van der Waals surface area contributed by atoms with Gasteiger partial charge in [-0.15, -0.1) is 0 Å². The van der Waals surface area contributed by atoms with Gasteiger partial charge in [-0.05, 0) is 34.1 Å². The van der Waals surface area contributed by atoms with Gasteiger partial charge in [0.25, 0.3) is 5.91 Å². The number of amides is 1. The van der Waals surface area contributed by atoms with Crippen LogP contribution in [0.25, 0.3) is 0 Å². The van der Waals surface area contributed by atoms with E-state index >= 15 is 0 Å². The number of halogens is 3. The Balaban J connectivity index is 2.09. The van der Waals surface area contributed by atoms with Gasteiger partial charge in [0, 0.05) is 10.0 Å². The van der Waals surface area contributed by atoms with Crippen molar-refractivity contribution < 1.29 is 4.79 Å². The molecule has 2 aromatic rings. The van der Waals surface area contributed by atoms with Crippen molar-refractivity contribution >= 4 is 51.3 Å². The summed E-state index contributed by atoms with van der Waals surface area (Å²) in [6.45, 7) is 0. The zero-order valence-corrected chi connectivity index (χ0v) is 13.2. The number of hydrogen-bond acceptors (Lipinski definition) is 2. The highest BCUT2D eigenvalue weighted by molar-refractivity contribution is 9.10. The van der Waals surface area contributed by atoms with Crippen LogP contribution in [-0.2, 0) is 0 Å². The molecule has 2 aromatic carbocycles. The molecule has 0 heterocycles. The van der Waals surface area contributed by atoms with E-state index in [1.807, 2.05) is 6.07 Å². The first-order valence-electron chi connectivity index (χ1n) is 5.61. The molecule has 2 rings (SSSR count). The van der Waals surface area contributed by atoms with Gasteiger partial charge in [-0.25, -0.2) is 5.43 Å². The molecule has 0 aliphatic heterocycles. The van der Waals surface area contributed by atoms with Crippen LogP contribution in [0.5, 0.6) is 0 Å². The van der Waals surface area contributed by atoms with E-state index in [2.05, 4.69) is 26.5 Å². The van der Waals surface area contributed by atoms with Gasteiger partial charge in [-0.1, -0.05) is 47.5 Å². The summed E-state index contributed by atoms with van der Waals surface area (Å²) in [5.41, 5.74) is 3.57. The summed E-state index contributed by atoms with van der Waals surface area (Å²) in [5.74, 6) is -0.313. The Morgan fingerprint density at radius 2 is 1.90 bits per heavy atom. The number of hydrogen-bond donors (Lipinski definition) is 1. The van der Waals surface area contributed by atoms with Crippen LogP contribution in [0.2, 0.25) is 10.0 Å². The third-order valence-electron chi connectivity index (χ3n) is 2.47. The van der Waals surface area contributed by atoms with Crippen molar-refractivity contribution in [3.05, 3.63) is 68.1 Å². The fourth-order valence-corrected chi connectivity index (χ4v) is 2.31. The summed E-state index contributed by atoms with van der Waals surface area (Å²) >= 11 is 15.2. The predicted molar refractivity (Wildman–Crippen MR) is 85.7 cm³/mol. The molecule has 6 heteroatoms. The summed E-state index contributed by atoms with van der Waals surface area (Å²) in [4.78, 5) is 11.9. The first-order valence-corrected chi connectivity index (χ1v) is 7.16. The molecule has 0 fully saturated rings. The van der Waals surface area contributed by atoms with Gasteiger partial charge in [0.15, 0.2) is 0 Å². The van der Waals surface area contributed by atoms with E-state index in [1.165, 1.54) is 6.21 Å². The van der Waals surface area contributed by atoms with Gasteiger partial charge in [0.1, 0.15) is 0 Å². The summed E-state index contributed by atoms with van der Waals surface area (Å²) in [6.07, 6.45) is 1.45. The molecule has 0 aliphatic carbocycles. The maximum Gasteiger partial charge on any atom is 0.272 e. The molecule has 0 radical (unpaired) electrons. The van der Waals surface area contributed by atoms with Crippen molar-refractivity contribution in [1.82, 2.24) is 5.43 Å². The first-order chi connectivity index (χ1) is 9.59. The zero-order chi connectivity index (χ0) is 14.5. The molecule has 3 nitrogen and oxygen atoms in total. The molecule has 1 N–H and O–H groups in total. The molecule has 0 spiro atoms. The molecule has 20 heavy (non-hydrogen) atoms. The van der Waals surface area contributed by atoms with E-state index in [0.29, 0.717) is 25.6 Å². The summed E-state index contributed by atoms with van der Waals surface area (Å²) in [7, 11) is 0. The number of benzene rings is 2. The minimum atomic E-state index is -0.313. The largest absolute Gasteiger partial charge is 0.272 e. The smallest absolute Gasteiger partial charge is 0.267 e. The normalized spacial score (nSPS) is 10.8. The molecule has 102 valence electrons. The predicted octanol–water partition coefficient (Wildman–Crippen LogP) is 4.52. The van der Waals surface area contributed by atoms with Crippen molar-refractivity contribution in [1.29, 1.82) is 0 Å². The average molecular weight is 372 g/mol. The Kier molecular flexibility index (Phi) is 5.17. The van der Waals surface area contributed by atoms with E-state index in [0.717, 1.165) is 0 Å². The van der Waals surface area contributed by atoms with Gasteiger partial charge in [0.05, 0.1) is 21.8 Å². The molecule has 0 bridgehead atoms. The number of carbonyl (C=O) groups is 1. The van der Waals surface area contributed by atoms with Gasteiger partial charge in [0.2, 0.25) is 0 Å². The quantitative estimate of drug-likeness (QED) is 0.625. The molecular formula is C14H9BrCl2N2O. The summed E-state index contributed by atoms with van der Waals surface area (Å²) in [6, 6.07) is 12.3. The Labute approximate surface area is 134 Å². The highest BCUT2D eigenvalue weighted by atomic mass is 79.9. The van der Waals surface area contributed by atoms with Crippen LogP contribution < -0.4 is 5.43 Å². The van der Waals surface area contributed by atoms with Crippen LogP contribution in [0, 0.1) is 0 Å². The van der Waals surface area contributed by atoms with Crippen LogP contribution in [0.3, 0.4) is 0 Å². The van der Waals surface area contributed by atoms with Crippen molar-refractivity contribution in [2.75, 3.05) is 0 Å². The van der Waals surface area contributed by atoms with E-state index in [-0.39, 0.29) is 5.91 Å². The molecule has 1 amide bonds. The third kappa shape index (κ3) is 3.60. The fourth-order valence-electron chi connectivity index (χ4n) is 1.49. The molecule has 0 saturated heterocycles. The molecule has 0 saturated carbocycles. The highest BCUT2D eigenvalue weighted by Gasteiger charge is 2.07. The number of nitrogens with one attached hydrogen (secondary N) is 1. The summed E-state index contributed by atoms with van der Waals surface area (Å²) < 4.78 is 0.702. The van der Waals surface area contributed by atoms with Crippen molar-refractivity contribution in [3.63, 3.8) is 0 Å². The SMILES string of the molecule is O=C(N/N=C/c1cccc(Cl)c1Cl)c1ccccc1Br. The molecular weight excluding hydrogens is 363 g/mol. The van der Waals surface area contributed by atoms with Crippen LogP contribution in [0.4, 0.5) is 0 Å². The molecule has 0 unspecified atom stereocenters. The maximum atomic E-state index is 11.9. The zero-order valence-electron chi connectivity index (χ0n) is 10.1. The Morgan fingerprint density at radius 3 is 2.65 bits per heavy atom. The lowest BCUT2D eigenvalue weighted by molar-refractivity contribution is 0.0954. The Hall–Kier alpha value is -1.36. The van der Waals surface area contributed by atoms with Crippen LogP contribution in [0.1, 0.15) is 15.9 Å². The standard InChI is InChI=1S/C14H9BrCl2N2O/c15-11-6-2-1-5-10(11)14(20)19-18-8-9-4-3-7-12(16)13(9)17/h1-8H,(H,19,20)/b18-8+. The lowest BCUT2D eigenvalue weighted by Gasteiger charge is -2.02. The second-order valence-electron chi connectivity index (χ2n) is 3.82. The van der Waals surface area contributed by atoms with Crippen LogP contribution >= 0.6 is 39.1 Å². The Morgan fingerprint density at radius 1 is 1.15 bits per heavy atom. The summed E-state index contributed by atoms with van der Waals surface area (Å²) in [5, 5.41) is 4.71. The Bertz CT molecular complexity index is 674. The molecule has 0 aliphatic rings. The monoisotopic (exact) mass is 370 g/mol.